The van der Waals surface area contributed by atoms with Crippen molar-refractivity contribution in [3.8, 4) is 5.75 Å². The maximum atomic E-state index is 5.66. The van der Waals surface area contributed by atoms with Gasteiger partial charge < -0.3 is 14.5 Å². The van der Waals surface area contributed by atoms with Gasteiger partial charge in [-0.25, -0.2) is 4.98 Å². The fourth-order valence-electron chi connectivity index (χ4n) is 2.13. The van der Waals surface area contributed by atoms with Crippen LogP contribution in [0.15, 0.2) is 46.9 Å². The highest BCUT2D eigenvalue weighted by molar-refractivity contribution is 5.77. The van der Waals surface area contributed by atoms with Gasteiger partial charge in [-0.05, 0) is 30.3 Å². The molecule has 0 bridgehead atoms. The van der Waals surface area contributed by atoms with Crippen molar-refractivity contribution in [1.29, 1.82) is 0 Å². The van der Waals surface area contributed by atoms with Crippen LogP contribution in [0, 0.1) is 0 Å². The van der Waals surface area contributed by atoms with E-state index in [0.29, 0.717) is 5.89 Å². The zero-order chi connectivity index (χ0) is 14.7. The second-order valence-corrected chi connectivity index (χ2v) is 4.56. The first-order valence-corrected chi connectivity index (χ1v) is 6.69. The molecule has 0 spiro atoms. The molecule has 4 heteroatoms. The number of hydrogen-bond acceptors (Lipinski definition) is 4. The van der Waals surface area contributed by atoms with Gasteiger partial charge in [-0.15, -0.1) is 0 Å². The molecule has 106 valence electrons. The molecule has 1 heterocycles. The summed E-state index contributed by atoms with van der Waals surface area (Å²) in [6, 6.07) is 13.6. The Balaban J connectivity index is 1.91. The predicted molar refractivity (Wildman–Crippen MR) is 85.5 cm³/mol. The van der Waals surface area contributed by atoms with E-state index in [1.807, 2.05) is 61.7 Å². The molecule has 0 radical (unpaired) electrons. The third kappa shape index (κ3) is 2.74. The fraction of sp³-hybridized carbons (Fsp3) is 0.118. The summed E-state index contributed by atoms with van der Waals surface area (Å²) < 4.78 is 11.1. The maximum Gasteiger partial charge on any atom is 0.220 e. The van der Waals surface area contributed by atoms with Crippen LogP contribution < -0.4 is 10.1 Å². The van der Waals surface area contributed by atoms with Crippen LogP contribution in [-0.4, -0.2) is 19.1 Å². The van der Waals surface area contributed by atoms with E-state index >= 15 is 0 Å². The van der Waals surface area contributed by atoms with Crippen molar-refractivity contribution in [2.24, 2.45) is 0 Å². The Morgan fingerprint density at radius 2 is 2.00 bits per heavy atom. The number of nitrogens with zero attached hydrogens (tertiary/aromatic N) is 1. The number of ether oxygens (including phenoxy) is 1. The van der Waals surface area contributed by atoms with Crippen LogP contribution >= 0.6 is 0 Å². The standard InChI is InChI=1S/C17H16N2O2/c1-18-13-9-7-12(16(11-13)20-2)8-10-17-19-14-5-3-4-6-15(14)21-17/h3-11,18H,1-2H3/b10-8+. The van der Waals surface area contributed by atoms with E-state index in [-0.39, 0.29) is 0 Å². The second kappa shape index (κ2) is 5.71. The van der Waals surface area contributed by atoms with E-state index in [4.69, 9.17) is 9.15 Å². The summed E-state index contributed by atoms with van der Waals surface area (Å²) in [6.45, 7) is 0. The Morgan fingerprint density at radius 1 is 1.14 bits per heavy atom. The number of oxazole rings is 1. The molecule has 3 rings (SSSR count). The van der Waals surface area contributed by atoms with E-state index in [9.17, 15) is 0 Å². The molecule has 21 heavy (non-hydrogen) atoms. The second-order valence-electron chi connectivity index (χ2n) is 4.56. The van der Waals surface area contributed by atoms with E-state index < -0.39 is 0 Å². The van der Waals surface area contributed by atoms with Gasteiger partial charge in [-0.1, -0.05) is 12.1 Å². The minimum atomic E-state index is 0.580. The third-order valence-electron chi connectivity index (χ3n) is 3.24. The third-order valence-corrected chi connectivity index (χ3v) is 3.24. The van der Waals surface area contributed by atoms with Gasteiger partial charge in [0.2, 0.25) is 5.89 Å². The van der Waals surface area contributed by atoms with Crippen molar-refractivity contribution >= 4 is 28.9 Å². The highest BCUT2D eigenvalue weighted by Crippen LogP contribution is 2.25. The molecule has 0 saturated carbocycles. The lowest BCUT2D eigenvalue weighted by atomic mass is 10.1. The Labute approximate surface area is 123 Å². The normalized spacial score (nSPS) is 11.1. The van der Waals surface area contributed by atoms with E-state index in [0.717, 1.165) is 28.1 Å². The molecular formula is C17H16N2O2. The van der Waals surface area contributed by atoms with Crippen LogP contribution in [0.25, 0.3) is 23.3 Å². The number of fused-ring (bicyclic) bond motifs is 1. The first-order valence-electron chi connectivity index (χ1n) is 6.69. The monoisotopic (exact) mass is 280 g/mol. The van der Waals surface area contributed by atoms with Crippen LogP contribution in [0.1, 0.15) is 11.5 Å². The van der Waals surface area contributed by atoms with Crippen LogP contribution in [0.5, 0.6) is 5.75 Å². The number of para-hydroxylation sites is 2. The molecule has 1 N–H and O–H groups in total. The summed E-state index contributed by atoms with van der Waals surface area (Å²) in [5, 5.41) is 3.09. The van der Waals surface area contributed by atoms with Gasteiger partial charge in [0.05, 0.1) is 7.11 Å². The minimum Gasteiger partial charge on any atom is -0.496 e. The Bertz CT molecular complexity index is 757. The van der Waals surface area contributed by atoms with Gasteiger partial charge in [-0.2, -0.15) is 0 Å². The zero-order valence-corrected chi connectivity index (χ0v) is 12.0. The highest BCUT2D eigenvalue weighted by atomic mass is 16.5. The number of anilines is 1. The summed E-state index contributed by atoms with van der Waals surface area (Å²) in [5.74, 6) is 1.38. The lowest BCUT2D eigenvalue weighted by molar-refractivity contribution is 0.414. The maximum absolute atomic E-state index is 5.66. The Kier molecular flexibility index (Phi) is 3.60. The summed E-state index contributed by atoms with van der Waals surface area (Å²) in [7, 11) is 3.54. The van der Waals surface area contributed by atoms with Crippen molar-refractivity contribution in [2.45, 2.75) is 0 Å². The van der Waals surface area contributed by atoms with Gasteiger partial charge in [0.1, 0.15) is 11.3 Å². The van der Waals surface area contributed by atoms with Crippen LogP contribution in [0.2, 0.25) is 0 Å². The molecule has 2 aromatic carbocycles. The average Bonchev–Trinajstić information content (AvgIpc) is 2.95. The number of rotatable bonds is 4. The summed E-state index contributed by atoms with van der Waals surface area (Å²) in [6.07, 6.45) is 3.78. The summed E-state index contributed by atoms with van der Waals surface area (Å²) in [5.41, 5.74) is 3.62. The van der Waals surface area contributed by atoms with Crippen molar-refractivity contribution < 1.29 is 9.15 Å². The average molecular weight is 280 g/mol. The SMILES string of the molecule is CNc1ccc(/C=C/c2nc3ccccc3o2)c(OC)c1. The number of benzene rings is 2. The molecule has 0 amide bonds. The van der Waals surface area contributed by atoms with E-state index in [1.165, 1.54) is 0 Å². The van der Waals surface area contributed by atoms with Crippen molar-refractivity contribution in [1.82, 2.24) is 4.98 Å². The largest absolute Gasteiger partial charge is 0.496 e. The van der Waals surface area contributed by atoms with Gasteiger partial charge in [0, 0.05) is 30.4 Å². The molecule has 0 fully saturated rings. The van der Waals surface area contributed by atoms with E-state index in [2.05, 4.69) is 10.3 Å². The van der Waals surface area contributed by atoms with Crippen LogP contribution in [0.4, 0.5) is 5.69 Å². The molecule has 0 aliphatic heterocycles. The zero-order valence-electron chi connectivity index (χ0n) is 12.0. The minimum absolute atomic E-state index is 0.580. The Morgan fingerprint density at radius 3 is 2.76 bits per heavy atom. The first-order chi connectivity index (χ1) is 10.3. The fourth-order valence-corrected chi connectivity index (χ4v) is 2.13. The highest BCUT2D eigenvalue weighted by Gasteiger charge is 2.03. The molecule has 3 aromatic rings. The van der Waals surface area contributed by atoms with Crippen molar-refractivity contribution in [2.75, 3.05) is 19.5 Å². The number of hydrogen-bond donors (Lipinski definition) is 1. The van der Waals surface area contributed by atoms with E-state index in [1.54, 1.807) is 7.11 Å². The van der Waals surface area contributed by atoms with Crippen molar-refractivity contribution in [3.63, 3.8) is 0 Å². The Hall–Kier alpha value is -2.75. The number of aromatic nitrogens is 1. The molecule has 1 aromatic heterocycles. The lowest BCUT2D eigenvalue weighted by Gasteiger charge is -2.07. The summed E-state index contributed by atoms with van der Waals surface area (Å²) in [4.78, 5) is 4.41. The van der Waals surface area contributed by atoms with Gasteiger partial charge in [0.15, 0.2) is 5.58 Å². The molecule has 0 atom stereocenters. The van der Waals surface area contributed by atoms with Crippen molar-refractivity contribution in [3.05, 3.63) is 53.9 Å². The molecule has 0 saturated heterocycles. The quantitative estimate of drug-likeness (QED) is 0.783. The smallest absolute Gasteiger partial charge is 0.220 e. The molecule has 0 aliphatic carbocycles. The first kappa shape index (κ1) is 13.2. The topological polar surface area (TPSA) is 47.3 Å². The van der Waals surface area contributed by atoms with Gasteiger partial charge >= 0.3 is 0 Å². The molecular weight excluding hydrogens is 264 g/mol. The molecule has 4 nitrogen and oxygen atoms in total. The van der Waals surface area contributed by atoms with Gasteiger partial charge in [0.25, 0.3) is 0 Å². The summed E-state index contributed by atoms with van der Waals surface area (Å²) >= 11 is 0. The number of nitrogens with one attached hydrogen (secondary N) is 1. The van der Waals surface area contributed by atoms with Gasteiger partial charge in [-0.3, -0.25) is 0 Å². The molecule has 0 aliphatic rings. The number of methoxy groups -OCH3 is 1. The van der Waals surface area contributed by atoms with Crippen LogP contribution in [0.3, 0.4) is 0 Å². The predicted octanol–water partition coefficient (Wildman–Crippen LogP) is 4.05. The van der Waals surface area contributed by atoms with Crippen LogP contribution in [-0.2, 0) is 0 Å². The molecule has 0 unspecified atom stereocenters. The lowest BCUT2D eigenvalue weighted by Crippen LogP contribution is -1.91.